The standard InChI is InChI=1S/C21H23NO4/c1-13-4-6-15-16(12-21(2,3)26-18(15)10-13)22-20(23)14-5-7-17-19(11-14)25-9-8-24-17/h4-7,10-11,16H,8-9,12H2,1-3H3,(H,22,23)/t16-/m1/s1. The van der Waals surface area contributed by atoms with Gasteiger partial charge in [-0.15, -0.1) is 0 Å². The molecule has 0 saturated carbocycles. The van der Waals surface area contributed by atoms with Gasteiger partial charge in [0.1, 0.15) is 24.6 Å². The molecule has 5 nitrogen and oxygen atoms in total. The van der Waals surface area contributed by atoms with Gasteiger partial charge < -0.3 is 19.5 Å². The summed E-state index contributed by atoms with van der Waals surface area (Å²) in [5.74, 6) is 2.01. The Labute approximate surface area is 153 Å². The van der Waals surface area contributed by atoms with Gasteiger partial charge >= 0.3 is 0 Å². The van der Waals surface area contributed by atoms with E-state index >= 15 is 0 Å². The van der Waals surface area contributed by atoms with Crippen LogP contribution in [-0.4, -0.2) is 24.7 Å². The van der Waals surface area contributed by atoms with E-state index in [4.69, 9.17) is 14.2 Å². The van der Waals surface area contributed by atoms with Crippen LogP contribution in [0.25, 0.3) is 0 Å². The number of ether oxygens (including phenoxy) is 3. The van der Waals surface area contributed by atoms with E-state index in [1.165, 1.54) is 0 Å². The van der Waals surface area contributed by atoms with Crippen LogP contribution < -0.4 is 19.5 Å². The summed E-state index contributed by atoms with van der Waals surface area (Å²) in [7, 11) is 0. The number of hydrogen-bond donors (Lipinski definition) is 1. The highest BCUT2D eigenvalue weighted by Gasteiger charge is 2.34. The zero-order valence-electron chi connectivity index (χ0n) is 15.3. The van der Waals surface area contributed by atoms with Crippen molar-refractivity contribution in [3.63, 3.8) is 0 Å². The van der Waals surface area contributed by atoms with E-state index in [2.05, 4.69) is 5.32 Å². The van der Waals surface area contributed by atoms with E-state index in [0.29, 0.717) is 36.7 Å². The molecule has 2 heterocycles. The molecule has 1 atom stereocenters. The van der Waals surface area contributed by atoms with Gasteiger partial charge in [0.05, 0.1) is 6.04 Å². The van der Waals surface area contributed by atoms with E-state index in [-0.39, 0.29) is 17.6 Å². The largest absolute Gasteiger partial charge is 0.487 e. The summed E-state index contributed by atoms with van der Waals surface area (Å²) >= 11 is 0. The predicted molar refractivity (Wildman–Crippen MR) is 98.1 cm³/mol. The van der Waals surface area contributed by atoms with Crippen LogP contribution in [0.15, 0.2) is 36.4 Å². The Morgan fingerprint density at radius 3 is 2.62 bits per heavy atom. The second-order valence-electron chi connectivity index (χ2n) is 7.49. The zero-order chi connectivity index (χ0) is 18.3. The van der Waals surface area contributed by atoms with E-state index in [9.17, 15) is 4.79 Å². The Balaban J connectivity index is 1.59. The lowest BCUT2D eigenvalue weighted by Gasteiger charge is -2.38. The van der Waals surface area contributed by atoms with Gasteiger partial charge in [0.15, 0.2) is 11.5 Å². The lowest BCUT2D eigenvalue weighted by molar-refractivity contribution is 0.0619. The fraction of sp³-hybridized carbons (Fsp3) is 0.381. The number of amides is 1. The molecule has 2 aromatic carbocycles. The number of hydrogen-bond acceptors (Lipinski definition) is 4. The smallest absolute Gasteiger partial charge is 0.251 e. The molecule has 5 heteroatoms. The fourth-order valence-electron chi connectivity index (χ4n) is 3.51. The van der Waals surface area contributed by atoms with Crippen molar-refractivity contribution in [2.75, 3.05) is 13.2 Å². The Bertz CT molecular complexity index is 859. The molecule has 2 aromatic rings. The molecular weight excluding hydrogens is 330 g/mol. The van der Waals surface area contributed by atoms with E-state index in [0.717, 1.165) is 16.9 Å². The predicted octanol–water partition coefficient (Wildman–Crippen LogP) is 3.80. The van der Waals surface area contributed by atoms with Gasteiger partial charge in [-0.1, -0.05) is 12.1 Å². The Morgan fingerprint density at radius 2 is 1.81 bits per heavy atom. The topological polar surface area (TPSA) is 56.8 Å². The maximum absolute atomic E-state index is 12.8. The highest BCUT2D eigenvalue weighted by atomic mass is 16.6. The summed E-state index contributed by atoms with van der Waals surface area (Å²) in [4.78, 5) is 12.8. The molecule has 0 spiro atoms. The molecule has 4 rings (SSSR count). The van der Waals surface area contributed by atoms with Crippen LogP contribution in [0, 0.1) is 6.92 Å². The summed E-state index contributed by atoms with van der Waals surface area (Å²) < 4.78 is 17.2. The summed E-state index contributed by atoms with van der Waals surface area (Å²) in [6.07, 6.45) is 0.708. The maximum atomic E-state index is 12.8. The van der Waals surface area contributed by atoms with E-state index in [1.54, 1.807) is 18.2 Å². The fourth-order valence-corrected chi connectivity index (χ4v) is 3.51. The third-order valence-corrected chi connectivity index (χ3v) is 4.74. The normalized spacial score (nSPS) is 19.9. The average Bonchev–Trinajstić information content (AvgIpc) is 2.59. The van der Waals surface area contributed by atoms with Crippen LogP contribution in [0.1, 0.15) is 47.8 Å². The monoisotopic (exact) mass is 353 g/mol. The third kappa shape index (κ3) is 3.21. The minimum Gasteiger partial charge on any atom is -0.487 e. The van der Waals surface area contributed by atoms with Crippen molar-refractivity contribution in [1.29, 1.82) is 0 Å². The highest BCUT2D eigenvalue weighted by molar-refractivity contribution is 5.95. The third-order valence-electron chi connectivity index (χ3n) is 4.74. The Kier molecular flexibility index (Phi) is 4.02. The molecule has 0 saturated heterocycles. The summed E-state index contributed by atoms with van der Waals surface area (Å²) in [6.45, 7) is 7.15. The molecule has 1 N–H and O–H groups in total. The van der Waals surface area contributed by atoms with E-state index < -0.39 is 0 Å². The maximum Gasteiger partial charge on any atom is 0.251 e. The number of carbonyl (C=O) groups excluding carboxylic acids is 1. The minimum atomic E-state index is -0.342. The number of aryl methyl sites for hydroxylation is 1. The molecule has 0 unspecified atom stereocenters. The molecule has 2 aliphatic rings. The van der Waals surface area contributed by atoms with Crippen LogP contribution in [-0.2, 0) is 0 Å². The summed E-state index contributed by atoms with van der Waals surface area (Å²) in [6, 6.07) is 11.3. The Hall–Kier alpha value is -2.69. The van der Waals surface area contributed by atoms with Crippen molar-refractivity contribution < 1.29 is 19.0 Å². The molecule has 0 aliphatic carbocycles. The van der Waals surface area contributed by atoms with Crippen LogP contribution in [0.4, 0.5) is 0 Å². The zero-order valence-corrected chi connectivity index (χ0v) is 15.3. The van der Waals surface area contributed by atoms with Crippen molar-refractivity contribution in [3.05, 3.63) is 53.1 Å². The van der Waals surface area contributed by atoms with Gasteiger partial charge in [-0.2, -0.15) is 0 Å². The molecule has 1 amide bonds. The van der Waals surface area contributed by atoms with Gasteiger partial charge in [0, 0.05) is 17.5 Å². The first-order chi connectivity index (χ1) is 12.4. The number of fused-ring (bicyclic) bond motifs is 2. The van der Waals surface area contributed by atoms with Gasteiger partial charge in [-0.3, -0.25) is 4.79 Å². The molecular formula is C21H23NO4. The van der Waals surface area contributed by atoms with Crippen LogP contribution in [0.3, 0.4) is 0 Å². The average molecular weight is 353 g/mol. The molecule has 0 bridgehead atoms. The second-order valence-corrected chi connectivity index (χ2v) is 7.49. The highest BCUT2D eigenvalue weighted by Crippen LogP contribution is 2.40. The van der Waals surface area contributed by atoms with Crippen LogP contribution in [0.5, 0.6) is 17.2 Å². The number of carbonyl (C=O) groups is 1. The first-order valence-electron chi connectivity index (χ1n) is 8.91. The molecule has 2 aliphatic heterocycles. The van der Waals surface area contributed by atoms with Crippen molar-refractivity contribution in [1.82, 2.24) is 5.32 Å². The summed E-state index contributed by atoms with van der Waals surface area (Å²) in [5, 5.41) is 3.16. The van der Waals surface area contributed by atoms with Crippen LogP contribution >= 0.6 is 0 Å². The van der Waals surface area contributed by atoms with Crippen molar-refractivity contribution in [3.8, 4) is 17.2 Å². The van der Waals surface area contributed by atoms with Crippen molar-refractivity contribution in [2.24, 2.45) is 0 Å². The molecule has 0 aromatic heterocycles. The SMILES string of the molecule is Cc1ccc2c(c1)OC(C)(C)C[C@H]2NC(=O)c1ccc2c(c1)OCCO2. The van der Waals surface area contributed by atoms with Gasteiger partial charge in [-0.25, -0.2) is 0 Å². The van der Waals surface area contributed by atoms with E-state index in [1.807, 2.05) is 39.0 Å². The first kappa shape index (κ1) is 16.8. The molecule has 26 heavy (non-hydrogen) atoms. The second kappa shape index (κ2) is 6.24. The van der Waals surface area contributed by atoms with Crippen molar-refractivity contribution in [2.45, 2.75) is 38.8 Å². The minimum absolute atomic E-state index is 0.102. The lowest BCUT2D eigenvalue weighted by Crippen LogP contribution is -2.41. The first-order valence-corrected chi connectivity index (χ1v) is 8.91. The van der Waals surface area contributed by atoms with Gasteiger partial charge in [0.25, 0.3) is 5.91 Å². The lowest BCUT2D eigenvalue weighted by atomic mass is 9.89. The van der Waals surface area contributed by atoms with Gasteiger partial charge in [-0.05, 0) is 50.6 Å². The summed E-state index contributed by atoms with van der Waals surface area (Å²) in [5.41, 5.74) is 2.37. The molecule has 136 valence electrons. The molecule has 0 radical (unpaired) electrons. The molecule has 0 fully saturated rings. The van der Waals surface area contributed by atoms with Crippen LogP contribution in [0.2, 0.25) is 0 Å². The number of nitrogens with one attached hydrogen (secondary N) is 1. The Morgan fingerprint density at radius 1 is 1.04 bits per heavy atom. The van der Waals surface area contributed by atoms with Gasteiger partial charge in [0.2, 0.25) is 0 Å². The number of benzene rings is 2. The quantitative estimate of drug-likeness (QED) is 0.892. The number of rotatable bonds is 2. The van der Waals surface area contributed by atoms with Crippen molar-refractivity contribution >= 4 is 5.91 Å².